The number of aromatic hydroxyl groups is 1. The Morgan fingerprint density at radius 2 is 1.83 bits per heavy atom. The molecule has 3 atom stereocenters. The van der Waals surface area contributed by atoms with Crippen molar-refractivity contribution in [3.8, 4) is 17.1 Å². The zero-order chi connectivity index (χ0) is 25.2. The van der Waals surface area contributed by atoms with E-state index in [1.165, 1.54) is 12.1 Å². The largest absolute Gasteiger partial charge is 0.508 e. The van der Waals surface area contributed by atoms with Crippen LogP contribution >= 0.6 is 0 Å². The zero-order valence-corrected chi connectivity index (χ0v) is 19.8. The number of benzene rings is 2. The number of Topliss-reactive ketones (excluding diaryl/α,β-unsaturated/α-hetero) is 1. The maximum Gasteiger partial charge on any atom is 0.255 e. The van der Waals surface area contributed by atoms with Gasteiger partial charge in [-0.3, -0.25) is 14.4 Å². The molecule has 182 valence electrons. The molecule has 8 nitrogen and oxygen atoms in total. The van der Waals surface area contributed by atoms with Crippen molar-refractivity contribution >= 4 is 17.6 Å². The maximum atomic E-state index is 13.3. The van der Waals surface area contributed by atoms with Crippen LogP contribution in [0.3, 0.4) is 0 Å². The molecule has 1 fully saturated rings. The molecular weight excluding hydrogens is 448 g/mol. The van der Waals surface area contributed by atoms with Crippen molar-refractivity contribution in [2.75, 3.05) is 6.61 Å². The SMILES string of the molecule is Cc1oc(-c2ccccc2)cc1C(=O)NC(Cc1ccc(O)cc1)C(=O)NC1(C)C(=O)COC1C. The third-order valence-electron chi connectivity index (χ3n) is 6.46. The highest BCUT2D eigenvalue weighted by atomic mass is 16.5. The van der Waals surface area contributed by atoms with Crippen LogP contribution in [0.5, 0.6) is 5.75 Å². The lowest BCUT2D eigenvalue weighted by Crippen LogP contribution is -2.60. The Labute approximate surface area is 203 Å². The molecule has 4 rings (SSSR count). The fourth-order valence-corrected chi connectivity index (χ4v) is 4.02. The van der Waals surface area contributed by atoms with E-state index in [0.717, 1.165) is 11.1 Å². The number of carbonyl (C=O) groups is 3. The molecule has 8 heteroatoms. The molecule has 2 amide bonds. The number of nitrogens with one attached hydrogen (secondary N) is 2. The number of phenols is 1. The summed E-state index contributed by atoms with van der Waals surface area (Å²) < 4.78 is 11.2. The van der Waals surface area contributed by atoms with E-state index >= 15 is 0 Å². The van der Waals surface area contributed by atoms with Crippen LogP contribution in [0.25, 0.3) is 11.3 Å². The van der Waals surface area contributed by atoms with Gasteiger partial charge in [0.15, 0.2) is 5.78 Å². The van der Waals surface area contributed by atoms with E-state index in [0.29, 0.717) is 17.1 Å². The average molecular weight is 477 g/mol. The average Bonchev–Trinajstić information content (AvgIpc) is 3.35. The number of ketones is 1. The molecule has 0 saturated carbocycles. The highest BCUT2D eigenvalue weighted by Crippen LogP contribution is 2.26. The number of amides is 2. The topological polar surface area (TPSA) is 118 Å². The molecular formula is C27H28N2O6. The van der Waals surface area contributed by atoms with E-state index in [4.69, 9.17) is 9.15 Å². The van der Waals surface area contributed by atoms with Gasteiger partial charge < -0.3 is 24.9 Å². The molecule has 0 aliphatic carbocycles. The van der Waals surface area contributed by atoms with Gasteiger partial charge in [0.1, 0.15) is 35.5 Å². The van der Waals surface area contributed by atoms with Crippen LogP contribution in [0.1, 0.15) is 35.5 Å². The number of furan rings is 1. The van der Waals surface area contributed by atoms with E-state index in [1.54, 1.807) is 39.0 Å². The van der Waals surface area contributed by atoms with Crippen LogP contribution in [-0.4, -0.2) is 47.0 Å². The minimum absolute atomic E-state index is 0.0799. The first-order valence-electron chi connectivity index (χ1n) is 11.4. The Balaban J connectivity index is 1.58. The van der Waals surface area contributed by atoms with Gasteiger partial charge in [0.25, 0.3) is 5.91 Å². The fourth-order valence-electron chi connectivity index (χ4n) is 4.02. The lowest BCUT2D eigenvalue weighted by Gasteiger charge is -2.29. The predicted octanol–water partition coefficient (Wildman–Crippen LogP) is 3.16. The molecule has 0 bridgehead atoms. The van der Waals surface area contributed by atoms with E-state index in [-0.39, 0.29) is 24.6 Å². The van der Waals surface area contributed by atoms with Crippen LogP contribution in [0.2, 0.25) is 0 Å². The van der Waals surface area contributed by atoms with Crippen molar-refractivity contribution in [2.24, 2.45) is 0 Å². The van der Waals surface area contributed by atoms with Gasteiger partial charge >= 0.3 is 0 Å². The smallest absolute Gasteiger partial charge is 0.255 e. The number of ether oxygens (including phenoxy) is 1. The van der Waals surface area contributed by atoms with E-state index < -0.39 is 29.5 Å². The summed E-state index contributed by atoms with van der Waals surface area (Å²) in [7, 11) is 0. The van der Waals surface area contributed by atoms with Crippen LogP contribution < -0.4 is 10.6 Å². The fraction of sp³-hybridized carbons (Fsp3) is 0.296. The molecule has 3 N–H and O–H groups in total. The van der Waals surface area contributed by atoms with Gasteiger partial charge in [0, 0.05) is 12.0 Å². The molecule has 1 aliphatic rings. The first kappa shape index (κ1) is 24.2. The normalized spacial score (nSPS) is 20.4. The zero-order valence-electron chi connectivity index (χ0n) is 19.8. The second kappa shape index (κ2) is 9.76. The third-order valence-corrected chi connectivity index (χ3v) is 6.46. The van der Waals surface area contributed by atoms with Crippen LogP contribution in [0.4, 0.5) is 0 Å². The summed E-state index contributed by atoms with van der Waals surface area (Å²) >= 11 is 0. The van der Waals surface area contributed by atoms with Crippen molar-refractivity contribution in [3.63, 3.8) is 0 Å². The van der Waals surface area contributed by atoms with Gasteiger partial charge in [-0.05, 0) is 44.5 Å². The highest BCUT2D eigenvalue weighted by Gasteiger charge is 2.47. The summed E-state index contributed by atoms with van der Waals surface area (Å²) in [6.07, 6.45) is -0.353. The molecule has 1 aliphatic heterocycles. The monoisotopic (exact) mass is 476 g/mol. The molecule has 1 saturated heterocycles. The molecule has 0 spiro atoms. The number of rotatable bonds is 7. The second-order valence-electron chi connectivity index (χ2n) is 8.91. The molecule has 2 heterocycles. The van der Waals surface area contributed by atoms with Gasteiger partial charge in [-0.15, -0.1) is 0 Å². The van der Waals surface area contributed by atoms with Gasteiger partial charge in [-0.25, -0.2) is 0 Å². The van der Waals surface area contributed by atoms with Crippen LogP contribution in [-0.2, 0) is 20.7 Å². The minimum Gasteiger partial charge on any atom is -0.508 e. The molecule has 3 unspecified atom stereocenters. The molecule has 1 aromatic heterocycles. The number of aryl methyl sites for hydroxylation is 1. The number of phenolic OH excluding ortho intramolecular Hbond substituents is 1. The van der Waals surface area contributed by atoms with Crippen molar-refractivity contribution < 1.29 is 28.6 Å². The minimum atomic E-state index is -1.19. The highest BCUT2D eigenvalue weighted by molar-refractivity contribution is 6.01. The summed E-state index contributed by atoms with van der Waals surface area (Å²) in [6, 6.07) is 16.4. The van der Waals surface area contributed by atoms with Gasteiger partial charge in [0.05, 0.1) is 11.7 Å². The van der Waals surface area contributed by atoms with Crippen LogP contribution in [0, 0.1) is 6.92 Å². The van der Waals surface area contributed by atoms with E-state index in [1.807, 2.05) is 30.3 Å². The second-order valence-corrected chi connectivity index (χ2v) is 8.91. The van der Waals surface area contributed by atoms with Crippen molar-refractivity contribution in [3.05, 3.63) is 77.6 Å². The van der Waals surface area contributed by atoms with E-state index in [2.05, 4.69) is 10.6 Å². The maximum absolute atomic E-state index is 13.3. The molecule has 35 heavy (non-hydrogen) atoms. The molecule has 2 aromatic carbocycles. The lowest BCUT2D eigenvalue weighted by molar-refractivity contribution is -0.130. The summed E-state index contributed by atoms with van der Waals surface area (Å²) in [6.45, 7) is 4.95. The van der Waals surface area contributed by atoms with Gasteiger partial charge in [-0.2, -0.15) is 0 Å². The Kier molecular flexibility index (Phi) is 6.75. The first-order valence-corrected chi connectivity index (χ1v) is 11.4. The summed E-state index contributed by atoms with van der Waals surface area (Å²) in [4.78, 5) is 39.0. The summed E-state index contributed by atoms with van der Waals surface area (Å²) in [5.74, 6) is -0.154. The lowest BCUT2D eigenvalue weighted by atomic mass is 9.92. The van der Waals surface area contributed by atoms with Gasteiger partial charge in [0.2, 0.25) is 5.91 Å². The van der Waals surface area contributed by atoms with E-state index in [9.17, 15) is 19.5 Å². The van der Waals surface area contributed by atoms with Crippen molar-refractivity contribution in [1.29, 1.82) is 0 Å². The molecule has 0 radical (unpaired) electrons. The number of hydrogen-bond donors (Lipinski definition) is 3. The Morgan fingerprint density at radius 1 is 1.14 bits per heavy atom. The predicted molar refractivity (Wildman–Crippen MR) is 129 cm³/mol. The molecule has 3 aromatic rings. The first-order chi connectivity index (χ1) is 16.7. The third kappa shape index (κ3) is 5.12. The Morgan fingerprint density at radius 3 is 2.46 bits per heavy atom. The number of carbonyl (C=O) groups excluding carboxylic acids is 3. The van der Waals surface area contributed by atoms with Crippen molar-refractivity contribution in [1.82, 2.24) is 10.6 Å². The van der Waals surface area contributed by atoms with Crippen LogP contribution in [0.15, 0.2) is 65.1 Å². The van der Waals surface area contributed by atoms with Crippen molar-refractivity contribution in [2.45, 2.75) is 44.9 Å². The summed E-state index contributed by atoms with van der Waals surface area (Å²) in [5, 5.41) is 15.2. The van der Waals surface area contributed by atoms with Gasteiger partial charge in [-0.1, -0.05) is 42.5 Å². The summed E-state index contributed by atoms with van der Waals surface area (Å²) in [5.41, 5.74) is 0.673. The Hall–Kier alpha value is -3.91. The number of hydrogen-bond acceptors (Lipinski definition) is 6. The standard InChI is InChI=1S/C27H28N2O6/c1-16-21(14-23(35-16)19-7-5-4-6-8-19)25(32)28-22(13-18-9-11-20(30)12-10-18)26(33)29-27(3)17(2)34-15-24(27)31/h4-12,14,17,22,30H,13,15H2,1-3H3,(H,28,32)(H,29,33). The Bertz CT molecular complexity index is 1230. The quantitative estimate of drug-likeness (QED) is 0.482.